The van der Waals surface area contributed by atoms with Crippen LogP contribution in [0.3, 0.4) is 0 Å². The maximum Gasteiger partial charge on any atom is 0.263 e. The van der Waals surface area contributed by atoms with Crippen LogP contribution in [-0.4, -0.2) is 32.7 Å². The Labute approximate surface area is 128 Å². The van der Waals surface area contributed by atoms with Crippen LogP contribution < -0.4 is 15.0 Å². The number of benzene rings is 1. The second-order valence-corrected chi connectivity index (χ2v) is 6.79. The quantitative estimate of drug-likeness (QED) is 0.947. The van der Waals surface area contributed by atoms with Crippen LogP contribution >= 0.6 is 11.3 Å². The molecule has 1 aromatic heterocycles. The van der Waals surface area contributed by atoms with E-state index in [0.717, 1.165) is 39.5 Å². The number of carbonyl (C=O) groups excluding carboxylic acids is 1. The zero-order valence-corrected chi connectivity index (χ0v) is 13.4. The summed E-state index contributed by atoms with van der Waals surface area (Å²) in [5.74, 6) is 1.42. The van der Waals surface area contributed by atoms with Crippen LogP contribution in [0, 0.1) is 5.92 Å². The Bertz CT molecular complexity index is 678. The van der Waals surface area contributed by atoms with E-state index < -0.39 is 0 Å². The molecule has 0 fully saturated rings. The highest BCUT2D eigenvalue weighted by atomic mass is 32.1. The highest BCUT2D eigenvalue weighted by Crippen LogP contribution is 2.41. The maximum absolute atomic E-state index is 12.3. The lowest BCUT2D eigenvalue weighted by Gasteiger charge is -2.25. The van der Waals surface area contributed by atoms with E-state index in [1.165, 1.54) is 0 Å². The van der Waals surface area contributed by atoms with E-state index in [0.29, 0.717) is 12.5 Å². The van der Waals surface area contributed by atoms with Crippen molar-refractivity contribution in [1.29, 1.82) is 0 Å². The third kappa shape index (κ3) is 2.58. The van der Waals surface area contributed by atoms with Crippen LogP contribution in [0.2, 0.25) is 0 Å². The molecule has 0 unspecified atom stereocenters. The molecule has 1 aliphatic heterocycles. The molecule has 2 heterocycles. The van der Waals surface area contributed by atoms with Crippen LogP contribution in [0.25, 0.3) is 10.1 Å². The largest absolute Gasteiger partial charge is 0.497 e. The van der Waals surface area contributed by atoms with Crippen LogP contribution in [0.15, 0.2) is 18.2 Å². The smallest absolute Gasteiger partial charge is 0.263 e. The van der Waals surface area contributed by atoms with Gasteiger partial charge in [-0.2, -0.15) is 0 Å². The number of amides is 1. The molecule has 4 nitrogen and oxygen atoms in total. The van der Waals surface area contributed by atoms with Gasteiger partial charge in [0.15, 0.2) is 0 Å². The number of ether oxygens (including phenoxy) is 1. The van der Waals surface area contributed by atoms with Gasteiger partial charge in [-0.05, 0) is 24.1 Å². The van der Waals surface area contributed by atoms with Gasteiger partial charge in [-0.3, -0.25) is 4.79 Å². The highest BCUT2D eigenvalue weighted by Gasteiger charge is 2.26. The van der Waals surface area contributed by atoms with Crippen molar-refractivity contribution >= 4 is 33.0 Å². The number of rotatable bonds is 3. The molecule has 0 spiro atoms. The minimum atomic E-state index is 0.0384. The summed E-state index contributed by atoms with van der Waals surface area (Å²) in [6, 6.07) is 6.02. The first-order chi connectivity index (χ1) is 10.1. The van der Waals surface area contributed by atoms with Crippen molar-refractivity contribution in [3.05, 3.63) is 23.1 Å². The SMILES string of the molecule is COc1ccc2sc3c(c2c1)N(CC(C)C)CCNC3=O. The van der Waals surface area contributed by atoms with E-state index in [-0.39, 0.29) is 5.91 Å². The normalized spacial score (nSPS) is 15.0. The van der Waals surface area contributed by atoms with Crippen LogP contribution in [0.1, 0.15) is 23.5 Å². The summed E-state index contributed by atoms with van der Waals surface area (Å²) >= 11 is 1.56. The Balaban J connectivity index is 2.19. The molecule has 0 saturated carbocycles. The molecule has 1 N–H and O–H groups in total. The summed E-state index contributed by atoms with van der Waals surface area (Å²) in [6.45, 7) is 6.90. The molecular formula is C16H20N2O2S. The van der Waals surface area contributed by atoms with E-state index in [1.807, 2.05) is 18.2 Å². The van der Waals surface area contributed by atoms with Gasteiger partial charge >= 0.3 is 0 Å². The standard InChI is InChI=1S/C16H20N2O2S/c1-10(2)9-18-7-6-17-16(19)15-14(18)12-8-11(20-3)4-5-13(12)21-15/h4-5,8,10H,6-7,9H2,1-3H3,(H,17,19). The Hall–Kier alpha value is -1.75. The predicted molar refractivity (Wildman–Crippen MR) is 87.8 cm³/mol. The van der Waals surface area contributed by atoms with Gasteiger partial charge < -0.3 is 15.0 Å². The number of carbonyl (C=O) groups is 1. The van der Waals surface area contributed by atoms with Crippen LogP contribution in [-0.2, 0) is 0 Å². The Morgan fingerprint density at radius 1 is 1.43 bits per heavy atom. The van der Waals surface area contributed by atoms with Gasteiger partial charge in [0.05, 0.1) is 12.8 Å². The molecule has 5 heteroatoms. The number of fused-ring (bicyclic) bond motifs is 3. The molecule has 3 rings (SSSR count). The summed E-state index contributed by atoms with van der Waals surface area (Å²) in [7, 11) is 1.67. The van der Waals surface area contributed by atoms with Crippen LogP contribution in [0.5, 0.6) is 5.75 Å². The summed E-state index contributed by atoms with van der Waals surface area (Å²) in [5.41, 5.74) is 1.07. The molecule has 2 aromatic rings. The average molecular weight is 304 g/mol. The van der Waals surface area contributed by atoms with Gasteiger partial charge in [-0.1, -0.05) is 13.8 Å². The van der Waals surface area contributed by atoms with Crippen molar-refractivity contribution in [2.24, 2.45) is 5.92 Å². The van der Waals surface area contributed by atoms with E-state index in [4.69, 9.17) is 4.74 Å². The van der Waals surface area contributed by atoms with Crippen LogP contribution in [0.4, 0.5) is 5.69 Å². The third-order valence-electron chi connectivity index (χ3n) is 3.64. The topological polar surface area (TPSA) is 41.6 Å². The molecule has 0 aliphatic carbocycles. The van der Waals surface area contributed by atoms with E-state index in [9.17, 15) is 4.79 Å². The number of nitrogens with one attached hydrogen (secondary N) is 1. The first-order valence-electron chi connectivity index (χ1n) is 7.24. The molecule has 0 atom stereocenters. The number of hydrogen-bond acceptors (Lipinski definition) is 4. The highest BCUT2D eigenvalue weighted by molar-refractivity contribution is 7.21. The van der Waals surface area contributed by atoms with Gasteiger partial charge in [-0.25, -0.2) is 0 Å². The lowest BCUT2D eigenvalue weighted by molar-refractivity contribution is 0.0962. The molecule has 21 heavy (non-hydrogen) atoms. The lowest BCUT2D eigenvalue weighted by atomic mass is 10.1. The van der Waals surface area contributed by atoms with Crippen molar-refractivity contribution in [2.45, 2.75) is 13.8 Å². The fourth-order valence-electron chi connectivity index (χ4n) is 2.78. The Kier molecular flexibility index (Phi) is 3.76. The fourth-order valence-corrected chi connectivity index (χ4v) is 3.90. The fraction of sp³-hybridized carbons (Fsp3) is 0.438. The molecule has 0 bridgehead atoms. The van der Waals surface area contributed by atoms with Crippen molar-refractivity contribution in [3.63, 3.8) is 0 Å². The predicted octanol–water partition coefficient (Wildman–Crippen LogP) is 3.12. The Morgan fingerprint density at radius 3 is 2.95 bits per heavy atom. The summed E-state index contributed by atoms with van der Waals surface area (Å²) in [6.07, 6.45) is 0. The second kappa shape index (κ2) is 5.56. The molecule has 1 aliphatic rings. The summed E-state index contributed by atoms with van der Waals surface area (Å²) in [5, 5.41) is 4.11. The summed E-state index contributed by atoms with van der Waals surface area (Å²) in [4.78, 5) is 15.4. The third-order valence-corrected chi connectivity index (χ3v) is 4.80. The number of anilines is 1. The summed E-state index contributed by atoms with van der Waals surface area (Å²) < 4.78 is 6.47. The molecule has 0 radical (unpaired) electrons. The zero-order chi connectivity index (χ0) is 15.0. The molecule has 0 saturated heterocycles. The van der Waals surface area contributed by atoms with Crippen molar-refractivity contribution < 1.29 is 9.53 Å². The molecule has 112 valence electrons. The first-order valence-corrected chi connectivity index (χ1v) is 8.05. The van der Waals surface area contributed by atoms with Gasteiger partial charge in [0.1, 0.15) is 10.6 Å². The van der Waals surface area contributed by atoms with Gasteiger partial charge in [-0.15, -0.1) is 11.3 Å². The van der Waals surface area contributed by atoms with Gasteiger partial charge in [0, 0.05) is 29.7 Å². The van der Waals surface area contributed by atoms with E-state index in [2.05, 4.69) is 24.1 Å². The molecular weight excluding hydrogens is 284 g/mol. The van der Waals surface area contributed by atoms with Crippen molar-refractivity contribution in [2.75, 3.05) is 31.6 Å². The minimum absolute atomic E-state index is 0.0384. The van der Waals surface area contributed by atoms with E-state index in [1.54, 1.807) is 18.4 Å². The number of methoxy groups -OCH3 is 1. The zero-order valence-electron chi connectivity index (χ0n) is 12.6. The van der Waals surface area contributed by atoms with Gasteiger partial charge in [0.25, 0.3) is 5.91 Å². The average Bonchev–Trinajstić information content (AvgIpc) is 2.76. The molecule has 1 amide bonds. The molecule has 1 aromatic carbocycles. The van der Waals surface area contributed by atoms with Gasteiger partial charge in [0.2, 0.25) is 0 Å². The van der Waals surface area contributed by atoms with E-state index >= 15 is 0 Å². The lowest BCUT2D eigenvalue weighted by Crippen LogP contribution is -2.32. The monoisotopic (exact) mass is 304 g/mol. The maximum atomic E-state index is 12.3. The number of hydrogen-bond donors (Lipinski definition) is 1. The second-order valence-electron chi connectivity index (χ2n) is 5.74. The minimum Gasteiger partial charge on any atom is -0.497 e. The number of thiophene rings is 1. The first kappa shape index (κ1) is 14.2. The van der Waals surface area contributed by atoms with Crippen molar-refractivity contribution in [1.82, 2.24) is 5.32 Å². The Morgan fingerprint density at radius 2 is 2.24 bits per heavy atom. The van der Waals surface area contributed by atoms with Crippen molar-refractivity contribution in [3.8, 4) is 5.75 Å². The number of nitrogens with zero attached hydrogens (tertiary/aromatic N) is 1.